The molecule has 1 aromatic rings. The number of halogens is 1. The third-order valence-electron chi connectivity index (χ3n) is 5.63. The van der Waals surface area contributed by atoms with E-state index < -0.39 is 0 Å². The van der Waals surface area contributed by atoms with Crippen molar-refractivity contribution in [2.75, 3.05) is 17.6 Å². The minimum absolute atomic E-state index is 0.00217. The molecule has 1 heterocycles. The molecule has 6 heteroatoms. The number of benzene rings is 1. The van der Waals surface area contributed by atoms with Crippen molar-refractivity contribution in [3.63, 3.8) is 0 Å². The zero-order chi connectivity index (χ0) is 17.8. The minimum Gasteiger partial charge on any atom is -0.397 e. The van der Waals surface area contributed by atoms with Gasteiger partial charge in [-0.3, -0.25) is 9.59 Å². The van der Waals surface area contributed by atoms with Crippen LogP contribution in [0.15, 0.2) is 18.2 Å². The van der Waals surface area contributed by atoms with Gasteiger partial charge in [0, 0.05) is 24.4 Å². The van der Waals surface area contributed by atoms with Gasteiger partial charge in [0.15, 0.2) is 0 Å². The number of hydrogen-bond donors (Lipinski definition) is 3. The zero-order valence-corrected chi connectivity index (χ0v) is 15.1. The molecule has 3 rings (SSSR count). The van der Waals surface area contributed by atoms with Crippen molar-refractivity contribution < 1.29 is 9.59 Å². The van der Waals surface area contributed by atoms with Crippen molar-refractivity contribution in [2.45, 2.75) is 44.9 Å². The second-order valence-corrected chi connectivity index (χ2v) is 7.80. The molecule has 0 spiro atoms. The number of nitrogens with one attached hydrogen (secondary N) is 2. The fourth-order valence-corrected chi connectivity index (χ4v) is 4.29. The highest BCUT2D eigenvalue weighted by molar-refractivity contribution is 6.31. The molecule has 1 atom stereocenters. The zero-order valence-electron chi connectivity index (χ0n) is 14.4. The first kappa shape index (κ1) is 18.1. The average Bonchev–Trinajstić information content (AvgIpc) is 2.59. The summed E-state index contributed by atoms with van der Waals surface area (Å²) >= 11 is 5.96. The first-order chi connectivity index (χ1) is 12.0. The Bertz CT molecular complexity index is 632. The number of anilines is 2. The van der Waals surface area contributed by atoms with Gasteiger partial charge in [-0.1, -0.05) is 11.6 Å². The van der Waals surface area contributed by atoms with Crippen LogP contribution in [0.2, 0.25) is 5.02 Å². The summed E-state index contributed by atoms with van der Waals surface area (Å²) < 4.78 is 0. The molecule has 0 aromatic heterocycles. The fourth-order valence-electron chi connectivity index (χ4n) is 4.12. The van der Waals surface area contributed by atoms with E-state index in [0.717, 1.165) is 38.6 Å². The van der Waals surface area contributed by atoms with E-state index in [1.807, 2.05) is 0 Å². The van der Waals surface area contributed by atoms with Gasteiger partial charge in [-0.15, -0.1) is 0 Å². The normalized spacial score (nSPS) is 26.8. The topological polar surface area (TPSA) is 84.2 Å². The Morgan fingerprint density at radius 2 is 1.96 bits per heavy atom. The number of amides is 2. The van der Waals surface area contributed by atoms with Crippen LogP contribution in [0.4, 0.5) is 11.4 Å². The van der Waals surface area contributed by atoms with Crippen LogP contribution in [0.1, 0.15) is 44.9 Å². The Kier molecular flexibility index (Phi) is 5.84. The highest BCUT2D eigenvalue weighted by Gasteiger charge is 2.30. The van der Waals surface area contributed by atoms with Gasteiger partial charge in [-0.25, -0.2) is 0 Å². The summed E-state index contributed by atoms with van der Waals surface area (Å²) in [7, 11) is 0. The minimum atomic E-state index is 0.00217. The van der Waals surface area contributed by atoms with E-state index in [9.17, 15) is 9.59 Å². The first-order valence-electron chi connectivity index (χ1n) is 9.13. The van der Waals surface area contributed by atoms with E-state index in [0.29, 0.717) is 47.0 Å². The predicted octanol–water partition coefficient (Wildman–Crippen LogP) is 3.58. The summed E-state index contributed by atoms with van der Waals surface area (Å²) in [6, 6.07) is 5.09. The van der Waals surface area contributed by atoms with Crippen LogP contribution in [0, 0.1) is 17.8 Å². The molecule has 4 N–H and O–H groups in total. The van der Waals surface area contributed by atoms with Crippen LogP contribution in [0.5, 0.6) is 0 Å². The number of nitrogens with two attached hydrogens (primary N) is 1. The van der Waals surface area contributed by atoms with Crippen molar-refractivity contribution >= 4 is 34.8 Å². The van der Waals surface area contributed by atoms with Gasteiger partial charge >= 0.3 is 0 Å². The number of carbonyl (C=O) groups is 2. The van der Waals surface area contributed by atoms with Crippen molar-refractivity contribution in [2.24, 2.45) is 17.8 Å². The third-order valence-corrected chi connectivity index (χ3v) is 5.86. The Labute approximate surface area is 153 Å². The van der Waals surface area contributed by atoms with Crippen molar-refractivity contribution in [1.29, 1.82) is 0 Å². The van der Waals surface area contributed by atoms with Crippen molar-refractivity contribution in [1.82, 2.24) is 5.32 Å². The maximum absolute atomic E-state index is 12.3. The molecule has 1 saturated carbocycles. The molecule has 1 aromatic carbocycles. The van der Waals surface area contributed by atoms with E-state index in [1.54, 1.807) is 18.2 Å². The number of rotatable bonds is 4. The highest BCUT2D eigenvalue weighted by atomic mass is 35.5. The molecule has 0 bridgehead atoms. The molecule has 136 valence electrons. The summed E-state index contributed by atoms with van der Waals surface area (Å²) in [5.74, 6) is 1.90. The molecule has 1 unspecified atom stereocenters. The smallest absolute Gasteiger partial charge is 0.224 e. The summed E-state index contributed by atoms with van der Waals surface area (Å²) in [6.07, 6.45) is 6.65. The second-order valence-electron chi connectivity index (χ2n) is 7.37. The van der Waals surface area contributed by atoms with Gasteiger partial charge in [0.05, 0.1) is 11.4 Å². The first-order valence-corrected chi connectivity index (χ1v) is 9.50. The molecule has 0 radical (unpaired) electrons. The van der Waals surface area contributed by atoms with Gasteiger partial charge in [0.1, 0.15) is 0 Å². The van der Waals surface area contributed by atoms with E-state index >= 15 is 0 Å². The van der Waals surface area contributed by atoms with Crippen LogP contribution in [0.3, 0.4) is 0 Å². The van der Waals surface area contributed by atoms with Gasteiger partial charge in [-0.05, 0) is 68.1 Å². The quantitative estimate of drug-likeness (QED) is 0.715. The van der Waals surface area contributed by atoms with Crippen molar-refractivity contribution in [3.05, 3.63) is 23.2 Å². The summed E-state index contributed by atoms with van der Waals surface area (Å²) in [5.41, 5.74) is 6.99. The maximum atomic E-state index is 12.3. The largest absolute Gasteiger partial charge is 0.397 e. The van der Waals surface area contributed by atoms with Crippen molar-refractivity contribution in [3.8, 4) is 0 Å². The summed E-state index contributed by atoms with van der Waals surface area (Å²) in [4.78, 5) is 23.6. The van der Waals surface area contributed by atoms with Crippen LogP contribution < -0.4 is 16.4 Å². The molecule has 5 nitrogen and oxygen atoms in total. The summed E-state index contributed by atoms with van der Waals surface area (Å²) in [5, 5.41) is 6.43. The van der Waals surface area contributed by atoms with Gasteiger partial charge in [0.2, 0.25) is 11.8 Å². The highest BCUT2D eigenvalue weighted by Crippen LogP contribution is 2.37. The standard InChI is InChI=1S/C19H26ClN3O2/c20-15-6-7-16(21)17(10-15)23-19(25)9-12-1-3-13(4-2-12)14-5-8-18(24)22-11-14/h6-7,10,12-14H,1-5,8-9,11,21H2,(H,22,24)(H,23,25). The number of carbonyl (C=O) groups excluding carboxylic acids is 2. The lowest BCUT2D eigenvalue weighted by Crippen LogP contribution is -2.39. The molecular formula is C19H26ClN3O2. The van der Waals surface area contributed by atoms with Crippen LogP contribution >= 0.6 is 11.6 Å². The Morgan fingerprint density at radius 3 is 2.64 bits per heavy atom. The third kappa shape index (κ3) is 4.88. The second kappa shape index (κ2) is 8.09. The van der Waals surface area contributed by atoms with E-state index in [4.69, 9.17) is 17.3 Å². The summed E-state index contributed by atoms with van der Waals surface area (Å²) in [6.45, 7) is 0.822. The molecule has 1 aliphatic heterocycles. The number of hydrogen-bond acceptors (Lipinski definition) is 3. The Hall–Kier alpha value is -1.75. The molecule has 25 heavy (non-hydrogen) atoms. The average molecular weight is 364 g/mol. The van der Waals surface area contributed by atoms with Crippen LogP contribution in [0.25, 0.3) is 0 Å². The van der Waals surface area contributed by atoms with E-state index in [1.165, 1.54) is 0 Å². The number of nitrogen functional groups attached to an aromatic ring is 1. The monoisotopic (exact) mass is 363 g/mol. The van der Waals surface area contributed by atoms with E-state index in [2.05, 4.69) is 10.6 Å². The lowest BCUT2D eigenvalue weighted by atomic mass is 9.73. The maximum Gasteiger partial charge on any atom is 0.224 e. The molecule has 1 aliphatic carbocycles. The lowest BCUT2D eigenvalue weighted by Gasteiger charge is -2.35. The van der Waals surface area contributed by atoms with Gasteiger partial charge in [-0.2, -0.15) is 0 Å². The number of piperidine rings is 1. The molecule has 2 fully saturated rings. The molecule has 2 aliphatic rings. The van der Waals surface area contributed by atoms with Crippen LogP contribution in [-0.4, -0.2) is 18.4 Å². The van der Waals surface area contributed by atoms with E-state index in [-0.39, 0.29) is 11.8 Å². The van der Waals surface area contributed by atoms with Gasteiger partial charge in [0.25, 0.3) is 0 Å². The SMILES string of the molecule is Nc1ccc(Cl)cc1NC(=O)CC1CCC(C2CCC(=O)NC2)CC1. The molecule has 2 amide bonds. The van der Waals surface area contributed by atoms with Gasteiger partial charge < -0.3 is 16.4 Å². The molecular weight excluding hydrogens is 338 g/mol. The predicted molar refractivity (Wildman–Crippen MR) is 100 cm³/mol. The van der Waals surface area contributed by atoms with Crippen LogP contribution in [-0.2, 0) is 9.59 Å². The fraction of sp³-hybridized carbons (Fsp3) is 0.579. The molecule has 1 saturated heterocycles. The Balaban J connectivity index is 1.44. The lowest BCUT2D eigenvalue weighted by molar-refractivity contribution is -0.123. The Morgan fingerprint density at radius 1 is 1.20 bits per heavy atom.